The second kappa shape index (κ2) is 8.75. The molecule has 0 radical (unpaired) electrons. The molecular formula is C21H23N5OS. The third kappa shape index (κ3) is 5.01. The number of hydrogen-bond donors (Lipinski definition) is 1. The van der Waals surface area contributed by atoms with Gasteiger partial charge in [0.2, 0.25) is 0 Å². The van der Waals surface area contributed by atoms with Crippen molar-refractivity contribution in [2.45, 2.75) is 0 Å². The monoisotopic (exact) mass is 393 g/mol. The molecule has 28 heavy (non-hydrogen) atoms. The van der Waals surface area contributed by atoms with Crippen molar-refractivity contribution in [3.05, 3.63) is 64.6 Å². The van der Waals surface area contributed by atoms with Crippen LogP contribution in [0.3, 0.4) is 0 Å². The highest BCUT2D eigenvalue weighted by molar-refractivity contribution is 8.18. The maximum Gasteiger partial charge on any atom is 0.264 e. The van der Waals surface area contributed by atoms with E-state index >= 15 is 0 Å². The van der Waals surface area contributed by atoms with Crippen LogP contribution in [0.5, 0.6) is 0 Å². The Hall–Kier alpha value is -3.06. The Bertz CT molecular complexity index is 928. The molecule has 1 saturated heterocycles. The number of carbonyl (C=O) groups excluding carboxylic acids is 1. The second-order valence-electron chi connectivity index (χ2n) is 6.69. The number of nitrogens with one attached hydrogen (secondary N) is 1. The Morgan fingerprint density at radius 2 is 1.39 bits per heavy atom. The molecule has 7 heteroatoms. The quantitative estimate of drug-likeness (QED) is 0.480. The Morgan fingerprint density at radius 3 is 1.93 bits per heavy atom. The van der Waals surface area contributed by atoms with Gasteiger partial charge in [0.25, 0.3) is 5.91 Å². The van der Waals surface area contributed by atoms with Crippen LogP contribution < -0.4 is 15.1 Å². The van der Waals surface area contributed by atoms with Gasteiger partial charge in [-0.25, -0.2) is 0 Å². The van der Waals surface area contributed by atoms with Gasteiger partial charge in [0.1, 0.15) is 0 Å². The number of thioether (sulfide) groups is 1. The highest BCUT2D eigenvalue weighted by atomic mass is 32.2. The topological polar surface area (TPSA) is 60.3 Å². The zero-order chi connectivity index (χ0) is 20.1. The van der Waals surface area contributed by atoms with Crippen LogP contribution in [-0.2, 0) is 4.79 Å². The second-order valence-corrected chi connectivity index (χ2v) is 7.72. The molecule has 0 bridgehead atoms. The lowest BCUT2D eigenvalue weighted by Gasteiger charge is -2.11. The van der Waals surface area contributed by atoms with E-state index in [1.165, 1.54) is 11.8 Å². The zero-order valence-corrected chi connectivity index (χ0v) is 17.2. The average Bonchev–Trinajstić information content (AvgIpc) is 3.02. The molecule has 2 aromatic rings. The van der Waals surface area contributed by atoms with Crippen molar-refractivity contribution < 1.29 is 4.79 Å². The molecule has 2 aromatic carbocycles. The number of hydrogen-bond acceptors (Lipinski definition) is 6. The fourth-order valence-corrected chi connectivity index (χ4v) is 3.28. The van der Waals surface area contributed by atoms with Crippen LogP contribution in [0, 0.1) is 0 Å². The number of anilines is 2. The van der Waals surface area contributed by atoms with Gasteiger partial charge in [-0.1, -0.05) is 24.3 Å². The average molecular weight is 394 g/mol. The molecule has 1 aliphatic heterocycles. The number of benzene rings is 2. The lowest BCUT2D eigenvalue weighted by molar-refractivity contribution is -0.115. The maximum atomic E-state index is 12.2. The van der Waals surface area contributed by atoms with E-state index < -0.39 is 0 Å². The third-order valence-electron chi connectivity index (χ3n) is 4.12. The number of nitrogens with zero attached hydrogens (tertiary/aromatic N) is 4. The summed E-state index contributed by atoms with van der Waals surface area (Å²) >= 11 is 1.29. The summed E-state index contributed by atoms with van der Waals surface area (Å²) in [6.45, 7) is 0. The molecule has 1 heterocycles. The van der Waals surface area contributed by atoms with Gasteiger partial charge in [-0.3, -0.25) is 10.1 Å². The van der Waals surface area contributed by atoms with Gasteiger partial charge in [0.05, 0.1) is 11.1 Å². The van der Waals surface area contributed by atoms with E-state index in [1.54, 1.807) is 6.21 Å². The molecule has 0 aliphatic carbocycles. The van der Waals surface area contributed by atoms with Gasteiger partial charge in [0.15, 0.2) is 5.17 Å². The molecule has 1 amide bonds. The maximum absolute atomic E-state index is 12.2. The molecule has 1 fully saturated rings. The minimum absolute atomic E-state index is 0.161. The molecule has 1 N–H and O–H groups in total. The van der Waals surface area contributed by atoms with Gasteiger partial charge < -0.3 is 9.80 Å². The number of carbonyl (C=O) groups is 1. The number of rotatable bonds is 5. The molecule has 0 saturated carbocycles. The first-order valence-electron chi connectivity index (χ1n) is 8.79. The van der Waals surface area contributed by atoms with E-state index in [0.29, 0.717) is 10.1 Å². The molecule has 0 spiro atoms. The van der Waals surface area contributed by atoms with Crippen molar-refractivity contribution in [2.75, 3.05) is 38.0 Å². The largest absolute Gasteiger partial charge is 0.378 e. The van der Waals surface area contributed by atoms with Crippen LogP contribution in [0.2, 0.25) is 0 Å². The third-order valence-corrected chi connectivity index (χ3v) is 5.02. The molecule has 3 rings (SSSR count). The predicted molar refractivity (Wildman–Crippen MR) is 120 cm³/mol. The lowest BCUT2D eigenvalue weighted by atomic mass is 10.2. The van der Waals surface area contributed by atoms with Crippen LogP contribution in [0.4, 0.5) is 11.4 Å². The molecule has 0 unspecified atom stereocenters. The summed E-state index contributed by atoms with van der Waals surface area (Å²) in [5.74, 6) is -0.161. The zero-order valence-electron chi connectivity index (χ0n) is 16.4. The van der Waals surface area contributed by atoms with Crippen molar-refractivity contribution in [3.63, 3.8) is 0 Å². The van der Waals surface area contributed by atoms with E-state index in [-0.39, 0.29) is 5.91 Å². The van der Waals surface area contributed by atoms with Gasteiger partial charge in [-0.2, -0.15) is 5.10 Å². The van der Waals surface area contributed by atoms with Crippen molar-refractivity contribution >= 4 is 46.5 Å². The molecule has 0 atom stereocenters. The predicted octanol–water partition coefficient (Wildman–Crippen LogP) is 3.41. The summed E-state index contributed by atoms with van der Waals surface area (Å²) in [6.07, 6.45) is 3.52. The Kier molecular flexibility index (Phi) is 6.16. The lowest BCUT2D eigenvalue weighted by Crippen LogP contribution is -2.19. The summed E-state index contributed by atoms with van der Waals surface area (Å²) in [6, 6.07) is 16.0. The van der Waals surface area contributed by atoms with Crippen molar-refractivity contribution in [3.8, 4) is 0 Å². The van der Waals surface area contributed by atoms with Gasteiger partial charge in [-0.15, -0.1) is 5.10 Å². The Labute approximate surface area is 169 Å². The van der Waals surface area contributed by atoms with Crippen LogP contribution in [0.1, 0.15) is 11.1 Å². The Balaban J connectivity index is 1.66. The summed E-state index contributed by atoms with van der Waals surface area (Å²) in [5, 5.41) is 11.4. The smallest absolute Gasteiger partial charge is 0.264 e. The number of amidine groups is 1. The van der Waals surface area contributed by atoms with Crippen LogP contribution in [-0.4, -0.2) is 45.5 Å². The normalized spacial score (nSPS) is 16.8. The van der Waals surface area contributed by atoms with Crippen molar-refractivity contribution in [1.29, 1.82) is 0 Å². The fraction of sp³-hybridized carbons (Fsp3) is 0.190. The summed E-state index contributed by atoms with van der Waals surface area (Å²) < 4.78 is 0. The summed E-state index contributed by atoms with van der Waals surface area (Å²) in [5.41, 5.74) is 4.14. The van der Waals surface area contributed by atoms with Crippen LogP contribution >= 0.6 is 11.8 Å². The summed E-state index contributed by atoms with van der Waals surface area (Å²) in [7, 11) is 7.98. The summed E-state index contributed by atoms with van der Waals surface area (Å²) in [4.78, 5) is 16.8. The standard InChI is InChI=1S/C21H23N5OS/c1-25(2)17-9-5-15(6-10-17)13-19-20(27)23-21(28-19)24-22-14-16-7-11-18(12-8-16)26(3)4/h5-14H,1-4H3,(H,23,24,27)/b19-13+,22-14?. The van der Waals surface area contributed by atoms with Crippen LogP contribution in [0.25, 0.3) is 6.08 Å². The van der Waals surface area contributed by atoms with Crippen molar-refractivity contribution in [2.24, 2.45) is 10.2 Å². The van der Waals surface area contributed by atoms with Gasteiger partial charge in [-0.05, 0) is 53.2 Å². The van der Waals surface area contributed by atoms with Crippen molar-refractivity contribution in [1.82, 2.24) is 5.32 Å². The van der Waals surface area contributed by atoms with E-state index in [2.05, 4.69) is 15.5 Å². The van der Waals surface area contributed by atoms with E-state index in [1.807, 2.05) is 92.6 Å². The first-order valence-corrected chi connectivity index (χ1v) is 9.61. The van der Waals surface area contributed by atoms with Crippen LogP contribution in [0.15, 0.2) is 63.6 Å². The molecule has 1 aliphatic rings. The SMILES string of the molecule is CN(C)c1ccc(C=NN=C2NC(=O)/C(=C\c3ccc(N(C)C)cc3)S2)cc1. The molecule has 144 valence electrons. The van der Waals surface area contributed by atoms with E-state index in [9.17, 15) is 4.79 Å². The first kappa shape index (κ1) is 19.7. The van der Waals surface area contributed by atoms with E-state index in [0.717, 1.165) is 22.5 Å². The number of amides is 1. The molecule has 6 nitrogen and oxygen atoms in total. The first-order chi connectivity index (χ1) is 13.4. The Morgan fingerprint density at radius 1 is 0.857 bits per heavy atom. The highest BCUT2D eigenvalue weighted by Gasteiger charge is 2.23. The van der Waals surface area contributed by atoms with Gasteiger partial charge in [0, 0.05) is 39.6 Å². The molecule has 0 aromatic heterocycles. The minimum atomic E-state index is -0.161. The fourth-order valence-electron chi connectivity index (χ4n) is 2.50. The van der Waals surface area contributed by atoms with E-state index in [4.69, 9.17) is 0 Å². The minimum Gasteiger partial charge on any atom is -0.378 e. The highest BCUT2D eigenvalue weighted by Crippen LogP contribution is 2.26. The van der Waals surface area contributed by atoms with Gasteiger partial charge >= 0.3 is 0 Å². The molecular weight excluding hydrogens is 370 g/mol.